The molecular formula is C10H13NOS. The number of aryl methyl sites for hydroxylation is 1. The maximum absolute atomic E-state index is 11.4. The van der Waals surface area contributed by atoms with Gasteiger partial charge >= 0.3 is 0 Å². The van der Waals surface area contributed by atoms with Crippen LogP contribution in [0.5, 0.6) is 0 Å². The highest BCUT2D eigenvalue weighted by molar-refractivity contribution is 7.09. The van der Waals surface area contributed by atoms with Gasteiger partial charge in [-0.05, 0) is 18.9 Å². The van der Waals surface area contributed by atoms with E-state index in [1.165, 1.54) is 11.3 Å². The van der Waals surface area contributed by atoms with Gasteiger partial charge in [0, 0.05) is 5.38 Å². The van der Waals surface area contributed by atoms with Crippen molar-refractivity contribution in [2.24, 2.45) is 5.92 Å². The monoisotopic (exact) mass is 195 g/mol. The molecule has 0 N–H and O–H groups in total. The van der Waals surface area contributed by atoms with Crippen LogP contribution in [0.2, 0.25) is 0 Å². The molecule has 0 aromatic carbocycles. The zero-order valence-electron chi connectivity index (χ0n) is 8.07. The van der Waals surface area contributed by atoms with Crippen LogP contribution in [0.25, 0.3) is 0 Å². The van der Waals surface area contributed by atoms with Crippen molar-refractivity contribution in [1.29, 1.82) is 0 Å². The quantitative estimate of drug-likeness (QED) is 0.548. The summed E-state index contributed by atoms with van der Waals surface area (Å²) in [5.41, 5.74) is 0.555. The van der Waals surface area contributed by atoms with Crippen LogP contribution in [0.4, 0.5) is 0 Å². The van der Waals surface area contributed by atoms with Gasteiger partial charge in [0.15, 0.2) is 0 Å². The second kappa shape index (κ2) is 4.33. The minimum atomic E-state index is -0.00181. The van der Waals surface area contributed by atoms with E-state index in [1.807, 2.05) is 26.8 Å². The van der Waals surface area contributed by atoms with E-state index in [-0.39, 0.29) is 5.78 Å². The van der Waals surface area contributed by atoms with Gasteiger partial charge in [0.1, 0.15) is 5.69 Å². The average molecular weight is 195 g/mol. The molecule has 13 heavy (non-hydrogen) atoms. The maximum Gasteiger partial charge on any atom is 0.204 e. The Kier molecular flexibility index (Phi) is 3.37. The molecule has 1 heterocycles. The third-order valence-corrected chi connectivity index (χ3v) is 2.28. The summed E-state index contributed by atoms with van der Waals surface area (Å²) < 4.78 is 0. The third-order valence-electron chi connectivity index (χ3n) is 1.50. The molecule has 0 unspecified atom stereocenters. The summed E-state index contributed by atoms with van der Waals surface area (Å²) in [6, 6.07) is 0. The van der Waals surface area contributed by atoms with Crippen molar-refractivity contribution in [2.45, 2.75) is 20.8 Å². The van der Waals surface area contributed by atoms with Gasteiger partial charge in [-0.1, -0.05) is 19.9 Å². The number of hydrogen-bond acceptors (Lipinski definition) is 3. The van der Waals surface area contributed by atoms with Crippen molar-refractivity contribution in [3.63, 3.8) is 0 Å². The second-order valence-electron chi connectivity index (χ2n) is 3.22. The lowest BCUT2D eigenvalue weighted by atomic mass is 10.2. The van der Waals surface area contributed by atoms with Crippen LogP contribution in [0.3, 0.4) is 0 Å². The molecule has 0 aliphatic heterocycles. The highest BCUT2D eigenvalue weighted by atomic mass is 32.1. The molecule has 0 amide bonds. The van der Waals surface area contributed by atoms with Gasteiger partial charge in [-0.3, -0.25) is 4.79 Å². The minimum Gasteiger partial charge on any atom is -0.288 e. The zero-order valence-corrected chi connectivity index (χ0v) is 8.89. The first-order valence-electron chi connectivity index (χ1n) is 4.24. The minimum absolute atomic E-state index is 0.00181. The predicted molar refractivity (Wildman–Crippen MR) is 55.2 cm³/mol. The fourth-order valence-corrected chi connectivity index (χ4v) is 1.44. The molecule has 2 nitrogen and oxygen atoms in total. The zero-order chi connectivity index (χ0) is 9.84. The number of hydrogen-bond donors (Lipinski definition) is 0. The summed E-state index contributed by atoms with van der Waals surface area (Å²) in [5.74, 6) is 0.404. The van der Waals surface area contributed by atoms with E-state index in [9.17, 15) is 4.79 Å². The Hall–Kier alpha value is -0.960. The number of aromatic nitrogens is 1. The first kappa shape index (κ1) is 10.1. The SMILES string of the molecule is Cc1nc(C(=O)/C=C/C(C)C)cs1. The van der Waals surface area contributed by atoms with Crippen molar-refractivity contribution in [1.82, 2.24) is 4.98 Å². The Balaban J connectivity index is 2.69. The van der Waals surface area contributed by atoms with E-state index in [0.717, 1.165) is 5.01 Å². The van der Waals surface area contributed by atoms with Crippen molar-refractivity contribution in [3.8, 4) is 0 Å². The van der Waals surface area contributed by atoms with E-state index >= 15 is 0 Å². The third kappa shape index (κ3) is 3.11. The molecule has 0 bridgehead atoms. The van der Waals surface area contributed by atoms with Gasteiger partial charge in [0.05, 0.1) is 5.01 Å². The Morgan fingerprint density at radius 2 is 2.31 bits per heavy atom. The van der Waals surface area contributed by atoms with Gasteiger partial charge in [-0.2, -0.15) is 0 Å². The van der Waals surface area contributed by atoms with Gasteiger partial charge in [0.2, 0.25) is 5.78 Å². The summed E-state index contributed by atoms with van der Waals surface area (Å²) in [5, 5.41) is 2.73. The molecule has 0 saturated carbocycles. The predicted octanol–water partition coefficient (Wildman–Crippen LogP) is 2.85. The number of ketones is 1. The number of rotatable bonds is 3. The Bertz CT molecular complexity index is 325. The highest BCUT2D eigenvalue weighted by Crippen LogP contribution is 2.09. The van der Waals surface area contributed by atoms with Gasteiger partial charge in [0.25, 0.3) is 0 Å². The van der Waals surface area contributed by atoms with E-state index in [0.29, 0.717) is 11.6 Å². The van der Waals surface area contributed by atoms with Gasteiger partial charge < -0.3 is 0 Å². The van der Waals surface area contributed by atoms with E-state index in [2.05, 4.69) is 4.98 Å². The summed E-state index contributed by atoms with van der Waals surface area (Å²) in [6.07, 6.45) is 3.48. The molecule has 0 radical (unpaired) electrons. The van der Waals surface area contributed by atoms with Crippen LogP contribution in [-0.2, 0) is 0 Å². The standard InChI is InChI=1S/C10H13NOS/c1-7(2)4-5-10(12)9-6-13-8(3)11-9/h4-7H,1-3H3/b5-4+. The van der Waals surface area contributed by atoms with E-state index < -0.39 is 0 Å². The lowest BCUT2D eigenvalue weighted by molar-refractivity contribution is 0.104. The number of thiazole rings is 1. The topological polar surface area (TPSA) is 30.0 Å². The molecular weight excluding hydrogens is 182 g/mol. The normalized spacial score (nSPS) is 11.4. The molecule has 0 saturated heterocycles. The lowest BCUT2D eigenvalue weighted by Gasteiger charge is -1.91. The number of carbonyl (C=O) groups excluding carboxylic acids is 1. The molecule has 1 aromatic rings. The van der Waals surface area contributed by atoms with Crippen molar-refractivity contribution >= 4 is 17.1 Å². The first-order valence-corrected chi connectivity index (χ1v) is 5.12. The number of nitrogens with zero attached hydrogens (tertiary/aromatic N) is 1. The summed E-state index contributed by atoms with van der Waals surface area (Å²) in [6.45, 7) is 5.97. The average Bonchev–Trinajstić information content (AvgIpc) is 2.47. The van der Waals surface area contributed by atoms with E-state index in [1.54, 1.807) is 11.5 Å². The van der Waals surface area contributed by atoms with Crippen molar-refractivity contribution in [3.05, 3.63) is 28.2 Å². The highest BCUT2D eigenvalue weighted by Gasteiger charge is 2.04. The van der Waals surface area contributed by atoms with Crippen LogP contribution in [0, 0.1) is 12.8 Å². The summed E-state index contributed by atoms with van der Waals surface area (Å²) in [4.78, 5) is 15.5. The van der Waals surface area contributed by atoms with Crippen LogP contribution in [0.1, 0.15) is 29.3 Å². The molecule has 1 rings (SSSR count). The first-order chi connectivity index (χ1) is 6.09. The fraction of sp³-hybridized carbons (Fsp3) is 0.400. The van der Waals surface area contributed by atoms with Crippen LogP contribution in [0.15, 0.2) is 17.5 Å². The molecule has 0 fully saturated rings. The number of carbonyl (C=O) groups is 1. The molecule has 0 spiro atoms. The lowest BCUT2D eigenvalue weighted by Crippen LogP contribution is -1.95. The molecule has 70 valence electrons. The van der Waals surface area contributed by atoms with Crippen molar-refractivity contribution < 1.29 is 4.79 Å². The molecule has 0 atom stereocenters. The van der Waals surface area contributed by atoms with Gasteiger partial charge in [-0.25, -0.2) is 4.98 Å². The largest absolute Gasteiger partial charge is 0.288 e. The van der Waals surface area contributed by atoms with Crippen LogP contribution >= 0.6 is 11.3 Å². The molecule has 0 aliphatic rings. The second-order valence-corrected chi connectivity index (χ2v) is 4.28. The van der Waals surface area contributed by atoms with Crippen molar-refractivity contribution in [2.75, 3.05) is 0 Å². The number of allylic oxidation sites excluding steroid dienone is 2. The summed E-state index contributed by atoms with van der Waals surface area (Å²) >= 11 is 1.50. The Morgan fingerprint density at radius 3 is 2.77 bits per heavy atom. The smallest absolute Gasteiger partial charge is 0.204 e. The summed E-state index contributed by atoms with van der Waals surface area (Å²) in [7, 11) is 0. The molecule has 3 heteroatoms. The van der Waals surface area contributed by atoms with Crippen LogP contribution < -0.4 is 0 Å². The van der Waals surface area contributed by atoms with E-state index in [4.69, 9.17) is 0 Å². The van der Waals surface area contributed by atoms with Gasteiger partial charge in [-0.15, -0.1) is 11.3 Å². The molecule has 0 aliphatic carbocycles. The Labute approximate surface area is 82.3 Å². The molecule has 1 aromatic heterocycles. The fourth-order valence-electron chi connectivity index (χ4n) is 0.842. The Morgan fingerprint density at radius 1 is 1.62 bits per heavy atom. The maximum atomic E-state index is 11.4. The van der Waals surface area contributed by atoms with Crippen LogP contribution in [-0.4, -0.2) is 10.8 Å².